The largest absolute Gasteiger partial charge is 0.478 e. The lowest BCUT2D eigenvalue weighted by molar-refractivity contribution is 0.0693. The predicted molar refractivity (Wildman–Crippen MR) is 89.5 cm³/mol. The summed E-state index contributed by atoms with van der Waals surface area (Å²) in [4.78, 5) is 12.7. The van der Waals surface area contributed by atoms with Gasteiger partial charge in [0.1, 0.15) is 0 Å². The molecule has 0 radical (unpaired) electrons. The molecule has 0 aliphatic rings. The van der Waals surface area contributed by atoms with Gasteiger partial charge in [0.2, 0.25) is 0 Å². The number of benzene rings is 2. The highest BCUT2D eigenvalue weighted by Gasteiger charge is 2.15. The zero-order valence-electron chi connectivity index (χ0n) is 11.0. The first-order valence-electron chi connectivity index (χ1n) is 6.17. The van der Waals surface area contributed by atoms with Gasteiger partial charge in [-0.1, -0.05) is 34.1 Å². The number of carboxylic acid groups (broad SMARTS) is 1. The monoisotopic (exact) mass is 384 g/mol. The lowest BCUT2D eigenvalue weighted by Crippen LogP contribution is -2.08. The summed E-state index contributed by atoms with van der Waals surface area (Å²) in [7, 11) is -1.33. The normalized spacial score (nSPS) is 12.0. The Morgan fingerprint density at radius 1 is 1.19 bits per heavy atom. The zero-order chi connectivity index (χ0) is 15.2. The van der Waals surface area contributed by atoms with Gasteiger partial charge in [0.05, 0.1) is 21.3 Å². The second-order valence-electron chi connectivity index (χ2n) is 4.16. The summed E-state index contributed by atoms with van der Waals surface area (Å²) in [6.45, 7) is 0. The fourth-order valence-electron chi connectivity index (χ4n) is 1.72. The molecule has 0 aromatic heterocycles. The molecule has 6 heteroatoms. The van der Waals surface area contributed by atoms with Gasteiger partial charge in [-0.3, -0.25) is 4.21 Å². The SMILES string of the molecule is O=C(O)c1ccc(Br)cc1S(=O)CCSc1ccccc1. The molecule has 2 rings (SSSR count). The van der Waals surface area contributed by atoms with Crippen molar-refractivity contribution < 1.29 is 14.1 Å². The summed E-state index contributed by atoms with van der Waals surface area (Å²) in [6.07, 6.45) is 0. The van der Waals surface area contributed by atoms with Gasteiger partial charge in [-0.05, 0) is 30.3 Å². The molecule has 0 bridgehead atoms. The van der Waals surface area contributed by atoms with E-state index in [0.717, 1.165) is 9.37 Å². The number of carbonyl (C=O) groups is 1. The van der Waals surface area contributed by atoms with E-state index in [1.54, 1.807) is 23.9 Å². The Kier molecular flexibility index (Phi) is 6.02. The molecular formula is C15H13BrO3S2. The van der Waals surface area contributed by atoms with Gasteiger partial charge in [0.15, 0.2) is 0 Å². The molecule has 2 aromatic carbocycles. The maximum absolute atomic E-state index is 12.3. The van der Waals surface area contributed by atoms with E-state index in [0.29, 0.717) is 16.4 Å². The van der Waals surface area contributed by atoms with Gasteiger partial charge in [-0.2, -0.15) is 0 Å². The Bertz CT molecular complexity index is 659. The summed E-state index contributed by atoms with van der Waals surface area (Å²) >= 11 is 4.90. The van der Waals surface area contributed by atoms with E-state index in [1.807, 2.05) is 30.3 Å². The molecule has 2 aromatic rings. The Labute approximate surface area is 138 Å². The average Bonchev–Trinajstić information content (AvgIpc) is 2.47. The molecule has 3 nitrogen and oxygen atoms in total. The highest BCUT2D eigenvalue weighted by atomic mass is 79.9. The summed E-state index contributed by atoms with van der Waals surface area (Å²) in [6, 6.07) is 14.6. The van der Waals surface area contributed by atoms with Crippen LogP contribution in [0, 0.1) is 0 Å². The zero-order valence-corrected chi connectivity index (χ0v) is 14.2. The van der Waals surface area contributed by atoms with Crippen molar-refractivity contribution in [3.63, 3.8) is 0 Å². The van der Waals surface area contributed by atoms with E-state index in [9.17, 15) is 9.00 Å². The van der Waals surface area contributed by atoms with Crippen LogP contribution in [0.3, 0.4) is 0 Å². The summed E-state index contributed by atoms with van der Waals surface area (Å²) in [5, 5.41) is 9.15. The van der Waals surface area contributed by atoms with Crippen molar-refractivity contribution in [2.45, 2.75) is 9.79 Å². The topological polar surface area (TPSA) is 54.4 Å². The highest BCUT2D eigenvalue weighted by Crippen LogP contribution is 2.22. The van der Waals surface area contributed by atoms with E-state index in [1.165, 1.54) is 6.07 Å². The average molecular weight is 385 g/mol. The van der Waals surface area contributed by atoms with E-state index < -0.39 is 16.8 Å². The third kappa shape index (κ3) is 4.69. The summed E-state index contributed by atoms with van der Waals surface area (Å²) in [5.74, 6) is 0.0277. The quantitative estimate of drug-likeness (QED) is 0.763. The first-order valence-corrected chi connectivity index (χ1v) is 9.27. The van der Waals surface area contributed by atoms with Gasteiger partial charge >= 0.3 is 5.97 Å². The molecule has 0 aliphatic heterocycles. The number of hydrogen-bond donors (Lipinski definition) is 1. The van der Waals surface area contributed by atoms with Crippen LogP contribution >= 0.6 is 27.7 Å². The lowest BCUT2D eigenvalue weighted by Gasteiger charge is -2.07. The fourth-order valence-corrected chi connectivity index (χ4v) is 4.64. The molecule has 0 saturated carbocycles. The van der Waals surface area contributed by atoms with Gasteiger partial charge in [-0.15, -0.1) is 11.8 Å². The van der Waals surface area contributed by atoms with Crippen LogP contribution in [-0.4, -0.2) is 26.8 Å². The molecule has 0 heterocycles. The van der Waals surface area contributed by atoms with E-state index >= 15 is 0 Å². The van der Waals surface area contributed by atoms with Crippen LogP contribution in [-0.2, 0) is 10.8 Å². The van der Waals surface area contributed by atoms with Gasteiger partial charge in [0, 0.05) is 20.9 Å². The minimum atomic E-state index is -1.33. The second-order valence-corrected chi connectivity index (χ2v) is 7.78. The van der Waals surface area contributed by atoms with Crippen molar-refractivity contribution >= 4 is 44.5 Å². The van der Waals surface area contributed by atoms with E-state index in [2.05, 4.69) is 15.9 Å². The Morgan fingerprint density at radius 2 is 1.90 bits per heavy atom. The van der Waals surface area contributed by atoms with Crippen LogP contribution < -0.4 is 0 Å². The predicted octanol–water partition coefficient (Wildman–Crippen LogP) is 4.05. The van der Waals surface area contributed by atoms with Crippen molar-refractivity contribution in [1.29, 1.82) is 0 Å². The molecular weight excluding hydrogens is 372 g/mol. The number of halogens is 1. The fraction of sp³-hybridized carbons (Fsp3) is 0.133. The molecule has 0 aliphatic carbocycles. The molecule has 0 saturated heterocycles. The van der Waals surface area contributed by atoms with Crippen LogP contribution in [0.1, 0.15) is 10.4 Å². The van der Waals surface area contributed by atoms with Crippen molar-refractivity contribution in [3.8, 4) is 0 Å². The number of thioether (sulfide) groups is 1. The lowest BCUT2D eigenvalue weighted by atomic mass is 10.2. The van der Waals surface area contributed by atoms with Gasteiger partial charge in [0.25, 0.3) is 0 Å². The van der Waals surface area contributed by atoms with Crippen molar-refractivity contribution in [2.75, 3.05) is 11.5 Å². The molecule has 0 fully saturated rings. The van der Waals surface area contributed by atoms with Crippen LogP contribution in [0.4, 0.5) is 0 Å². The molecule has 1 N–H and O–H groups in total. The first kappa shape index (κ1) is 16.3. The molecule has 0 amide bonds. The first-order chi connectivity index (χ1) is 10.1. The van der Waals surface area contributed by atoms with E-state index in [-0.39, 0.29) is 5.56 Å². The molecule has 21 heavy (non-hydrogen) atoms. The third-order valence-corrected chi connectivity index (χ3v) is 5.87. The highest BCUT2D eigenvalue weighted by molar-refractivity contribution is 9.10. The minimum absolute atomic E-state index is 0.0984. The Morgan fingerprint density at radius 3 is 2.57 bits per heavy atom. The summed E-state index contributed by atoms with van der Waals surface area (Å²) in [5.41, 5.74) is 0.0984. The van der Waals surface area contributed by atoms with Crippen LogP contribution in [0.15, 0.2) is 62.8 Å². The maximum atomic E-state index is 12.3. The molecule has 1 unspecified atom stereocenters. The minimum Gasteiger partial charge on any atom is -0.478 e. The third-order valence-electron chi connectivity index (χ3n) is 2.70. The van der Waals surface area contributed by atoms with Gasteiger partial charge in [-0.25, -0.2) is 4.79 Å². The molecule has 0 spiro atoms. The molecule has 1 atom stereocenters. The van der Waals surface area contributed by atoms with Crippen molar-refractivity contribution in [2.24, 2.45) is 0 Å². The van der Waals surface area contributed by atoms with Crippen LogP contribution in [0.2, 0.25) is 0 Å². The van der Waals surface area contributed by atoms with Crippen LogP contribution in [0.5, 0.6) is 0 Å². The van der Waals surface area contributed by atoms with Crippen LogP contribution in [0.25, 0.3) is 0 Å². The number of rotatable bonds is 6. The van der Waals surface area contributed by atoms with Crippen molar-refractivity contribution in [1.82, 2.24) is 0 Å². The van der Waals surface area contributed by atoms with Gasteiger partial charge < -0.3 is 5.11 Å². The maximum Gasteiger partial charge on any atom is 0.336 e. The molecule has 110 valence electrons. The standard InChI is InChI=1S/C15H13BrO3S2/c16-11-6-7-13(15(17)18)14(10-11)21(19)9-8-20-12-4-2-1-3-5-12/h1-7,10H,8-9H2,(H,17,18). The Hall–Kier alpha value is -1.11. The smallest absolute Gasteiger partial charge is 0.336 e. The number of hydrogen-bond acceptors (Lipinski definition) is 3. The van der Waals surface area contributed by atoms with Crippen molar-refractivity contribution in [3.05, 3.63) is 58.6 Å². The Balaban J connectivity index is 2.03. The second kappa shape index (κ2) is 7.77. The summed E-state index contributed by atoms with van der Waals surface area (Å²) < 4.78 is 13.1. The number of aromatic carboxylic acids is 1. The number of carboxylic acids is 1. The van der Waals surface area contributed by atoms with E-state index in [4.69, 9.17) is 5.11 Å².